The largest absolute Gasteiger partial charge is 0.477 e. The first-order chi connectivity index (χ1) is 16.4. The summed E-state index contributed by atoms with van der Waals surface area (Å²) in [6, 6.07) is 3.26. The predicted octanol–water partition coefficient (Wildman–Crippen LogP) is 3.40. The summed E-state index contributed by atoms with van der Waals surface area (Å²) in [6.07, 6.45) is 6.88. The van der Waals surface area contributed by atoms with Gasteiger partial charge in [-0.05, 0) is 44.7 Å². The van der Waals surface area contributed by atoms with Gasteiger partial charge < -0.3 is 19.4 Å². The summed E-state index contributed by atoms with van der Waals surface area (Å²) in [6.45, 7) is 10.3. The van der Waals surface area contributed by atoms with E-state index in [0.29, 0.717) is 31.7 Å². The van der Waals surface area contributed by atoms with E-state index in [0.717, 1.165) is 51.1 Å². The van der Waals surface area contributed by atoms with Crippen LogP contribution in [-0.2, 0) is 0 Å². The average molecular weight is 464 g/mol. The number of fused-ring (bicyclic) bond motifs is 1. The van der Waals surface area contributed by atoms with Crippen molar-refractivity contribution in [1.82, 2.24) is 9.47 Å². The summed E-state index contributed by atoms with van der Waals surface area (Å²) in [4.78, 5) is 32.3. The second-order valence-electron chi connectivity index (χ2n) is 9.63. The van der Waals surface area contributed by atoms with Gasteiger partial charge in [-0.15, -0.1) is 0 Å². The van der Waals surface area contributed by atoms with Crippen LogP contribution in [0.15, 0.2) is 17.1 Å². The number of carbonyl (C=O) groups is 1. The van der Waals surface area contributed by atoms with Gasteiger partial charge in [0.05, 0.1) is 23.1 Å². The molecule has 1 atom stereocenters. The van der Waals surface area contributed by atoms with Gasteiger partial charge in [0.25, 0.3) is 0 Å². The second kappa shape index (κ2) is 8.41. The fraction of sp³-hybridized carbons (Fsp3) is 0.520. The van der Waals surface area contributed by atoms with Crippen LogP contribution in [0.25, 0.3) is 15.7 Å². The molecule has 0 radical (unpaired) electrons. The predicted molar refractivity (Wildman–Crippen MR) is 125 cm³/mol. The Hall–Kier alpha value is -3.43. The fourth-order valence-corrected chi connectivity index (χ4v) is 5.87. The Morgan fingerprint density at radius 2 is 2.12 bits per heavy atom. The minimum absolute atomic E-state index is 0.000935. The number of nitrogens with zero attached hydrogens (tertiary/aromatic N) is 5. The molecule has 34 heavy (non-hydrogen) atoms. The molecule has 1 aromatic heterocycles. The van der Waals surface area contributed by atoms with Gasteiger partial charge in [0.1, 0.15) is 23.0 Å². The summed E-state index contributed by atoms with van der Waals surface area (Å²) in [5, 5.41) is 19.6. The molecule has 3 fully saturated rings. The van der Waals surface area contributed by atoms with Crippen LogP contribution in [0.2, 0.25) is 0 Å². The van der Waals surface area contributed by atoms with Crippen LogP contribution in [-0.4, -0.2) is 58.8 Å². The van der Waals surface area contributed by atoms with Crippen LogP contribution >= 0.6 is 0 Å². The summed E-state index contributed by atoms with van der Waals surface area (Å²) in [5.74, 6) is -2.03. The number of likely N-dealkylation sites (tertiary alicyclic amines) is 1. The number of carboxylic acid groups (broad SMARTS) is 1. The average Bonchev–Trinajstić information content (AvgIpc) is 3.59. The molecule has 9 heteroatoms. The molecule has 2 saturated heterocycles. The number of carboxylic acids is 1. The molecule has 0 amide bonds. The third-order valence-electron chi connectivity index (χ3n) is 7.65. The van der Waals surface area contributed by atoms with Crippen LogP contribution in [0.1, 0.15) is 60.5 Å². The van der Waals surface area contributed by atoms with Crippen molar-refractivity contribution >= 4 is 22.6 Å². The minimum atomic E-state index is -1.36. The summed E-state index contributed by atoms with van der Waals surface area (Å²) in [5.41, 5.74) is -0.715. The van der Waals surface area contributed by atoms with Gasteiger partial charge in [-0.3, -0.25) is 9.69 Å². The Balaban J connectivity index is 1.63. The van der Waals surface area contributed by atoms with Crippen LogP contribution in [0.4, 0.5) is 10.1 Å². The van der Waals surface area contributed by atoms with E-state index < -0.39 is 22.8 Å². The number of pyridine rings is 1. The van der Waals surface area contributed by atoms with Gasteiger partial charge in [0, 0.05) is 30.9 Å². The molecule has 176 valence electrons. The maximum atomic E-state index is 15.6. The smallest absolute Gasteiger partial charge is 0.341 e. The second-order valence-corrected chi connectivity index (χ2v) is 9.63. The number of hydrogen-bond acceptors (Lipinski definition) is 5. The monoisotopic (exact) mass is 463 g/mol. The molecule has 2 aromatic rings. The van der Waals surface area contributed by atoms with Crippen molar-refractivity contribution in [2.24, 2.45) is 0 Å². The molecule has 1 saturated carbocycles. The Morgan fingerprint density at radius 3 is 2.79 bits per heavy atom. The Labute approximate surface area is 196 Å². The lowest BCUT2D eigenvalue weighted by molar-refractivity contribution is 0.0688. The number of aromatic nitrogens is 1. The van der Waals surface area contributed by atoms with E-state index in [1.807, 2.05) is 4.90 Å². The van der Waals surface area contributed by atoms with E-state index in [1.165, 1.54) is 6.20 Å². The highest BCUT2D eigenvalue weighted by Gasteiger charge is 2.45. The van der Waals surface area contributed by atoms with Crippen molar-refractivity contribution in [2.45, 2.75) is 50.1 Å². The Bertz CT molecular complexity index is 1320. The number of piperidine rings is 1. The van der Waals surface area contributed by atoms with Crippen molar-refractivity contribution in [3.63, 3.8) is 0 Å². The molecular formula is C25H26FN5O3. The van der Waals surface area contributed by atoms with Crippen molar-refractivity contribution in [3.8, 4) is 6.07 Å². The SMILES string of the molecule is [C-]#[N+]CCN1CCCCC12CCN(c1c(F)cc3c(=O)c(C(=O)O)cn(C4CC4)c3c1C#N)C2. The molecule has 2 aliphatic heterocycles. The van der Waals surface area contributed by atoms with E-state index in [2.05, 4.69) is 15.8 Å². The quantitative estimate of drug-likeness (QED) is 0.683. The molecule has 1 aliphatic carbocycles. The van der Waals surface area contributed by atoms with E-state index in [4.69, 9.17) is 6.57 Å². The van der Waals surface area contributed by atoms with E-state index in [-0.39, 0.29) is 28.2 Å². The van der Waals surface area contributed by atoms with Crippen molar-refractivity contribution in [3.05, 3.63) is 50.8 Å². The molecule has 5 rings (SSSR count). The number of aromatic carboxylic acids is 1. The molecule has 1 aromatic carbocycles. The van der Waals surface area contributed by atoms with E-state index in [1.54, 1.807) is 4.57 Å². The molecule has 3 heterocycles. The van der Waals surface area contributed by atoms with Gasteiger partial charge >= 0.3 is 5.97 Å². The highest BCUT2D eigenvalue weighted by molar-refractivity contribution is 5.96. The van der Waals surface area contributed by atoms with Crippen molar-refractivity contribution in [1.29, 1.82) is 5.26 Å². The van der Waals surface area contributed by atoms with E-state index in [9.17, 15) is 20.0 Å². The molecule has 3 aliphatic rings. The number of hydrogen-bond donors (Lipinski definition) is 1. The number of nitriles is 1. The number of anilines is 1. The molecule has 0 bridgehead atoms. The lowest BCUT2D eigenvalue weighted by atomic mass is 9.85. The standard InChI is InChI=1S/C25H26FN5O3/c1-28-8-11-30-9-3-2-6-25(30)7-10-29(15-25)22-18(13-27)21-17(12-20(22)26)23(32)19(24(33)34)14-31(21)16-4-5-16/h12,14,16H,2-11,15H2,(H,33,34). The number of rotatable bonds is 5. The van der Waals surface area contributed by atoms with E-state index >= 15 is 4.39 Å². The summed E-state index contributed by atoms with van der Waals surface area (Å²) >= 11 is 0. The zero-order chi connectivity index (χ0) is 24.0. The van der Waals surface area contributed by atoms with Gasteiger partial charge in [-0.2, -0.15) is 5.26 Å². The Kier molecular flexibility index (Phi) is 5.53. The fourth-order valence-electron chi connectivity index (χ4n) is 5.87. The van der Waals surface area contributed by atoms with Gasteiger partial charge in [0.15, 0.2) is 0 Å². The third kappa shape index (κ3) is 3.52. The maximum Gasteiger partial charge on any atom is 0.341 e. The normalized spacial score (nSPS) is 22.7. The zero-order valence-corrected chi connectivity index (χ0v) is 18.9. The molecule has 1 unspecified atom stereocenters. The minimum Gasteiger partial charge on any atom is -0.477 e. The first-order valence-electron chi connectivity index (χ1n) is 11.8. The van der Waals surface area contributed by atoms with Gasteiger partial charge in [0.2, 0.25) is 12.0 Å². The van der Waals surface area contributed by atoms with Gasteiger partial charge in [-0.1, -0.05) is 6.42 Å². The maximum absolute atomic E-state index is 15.6. The first-order valence-corrected chi connectivity index (χ1v) is 11.8. The van der Waals surface area contributed by atoms with Gasteiger partial charge in [-0.25, -0.2) is 15.8 Å². The molecule has 1 N–H and O–H groups in total. The summed E-state index contributed by atoms with van der Waals surface area (Å²) < 4.78 is 17.3. The lowest BCUT2D eigenvalue weighted by Crippen LogP contribution is -2.54. The number of benzene rings is 1. The van der Waals surface area contributed by atoms with Crippen LogP contribution in [0.5, 0.6) is 0 Å². The third-order valence-corrected chi connectivity index (χ3v) is 7.65. The molecule has 1 spiro atoms. The lowest BCUT2D eigenvalue weighted by Gasteiger charge is -2.44. The van der Waals surface area contributed by atoms with Crippen LogP contribution in [0.3, 0.4) is 0 Å². The Morgan fingerprint density at radius 1 is 1.32 bits per heavy atom. The topological polar surface area (TPSA) is 93.9 Å². The highest BCUT2D eigenvalue weighted by atomic mass is 19.1. The zero-order valence-electron chi connectivity index (χ0n) is 18.9. The first kappa shape index (κ1) is 22.4. The summed E-state index contributed by atoms with van der Waals surface area (Å²) in [7, 11) is 0. The number of halogens is 1. The van der Waals surface area contributed by atoms with Crippen LogP contribution in [0, 0.1) is 23.7 Å². The van der Waals surface area contributed by atoms with Crippen LogP contribution < -0.4 is 10.3 Å². The highest BCUT2D eigenvalue weighted by Crippen LogP contribution is 2.43. The van der Waals surface area contributed by atoms with Crippen molar-refractivity contribution in [2.75, 3.05) is 37.6 Å². The molecule has 8 nitrogen and oxygen atoms in total. The van der Waals surface area contributed by atoms with Crippen molar-refractivity contribution < 1.29 is 14.3 Å². The molecular weight excluding hydrogens is 437 g/mol.